The van der Waals surface area contributed by atoms with E-state index in [0.29, 0.717) is 16.6 Å². The van der Waals surface area contributed by atoms with E-state index in [4.69, 9.17) is 11.6 Å². The van der Waals surface area contributed by atoms with Crippen molar-refractivity contribution in [2.45, 2.75) is 36.4 Å². The van der Waals surface area contributed by atoms with Gasteiger partial charge in [0, 0.05) is 23.3 Å². The number of rotatable bonds is 4. The van der Waals surface area contributed by atoms with Gasteiger partial charge in [0.15, 0.2) is 0 Å². The maximum absolute atomic E-state index is 12.4. The second-order valence-corrected chi connectivity index (χ2v) is 7.93. The number of hydrogen-bond acceptors (Lipinski definition) is 3. The molecule has 1 aliphatic rings. The zero-order valence-corrected chi connectivity index (χ0v) is 12.1. The zero-order chi connectivity index (χ0) is 12.5. The van der Waals surface area contributed by atoms with Gasteiger partial charge in [0.25, 0.3) is 10.0 Å². The van der Waals surface area contributed by atoms with E-state index in [9.17, 15) is 8.42 Å². The summed E-state index contributed by atoms with van der Waals surface area (Å²) in [5.41, 5.74) is 0. The van der Waals surface area contributed by atoms with Gasteiger partial charge in [-0.2, -0.15) is 4.31 Å². The molecule has 1 atom stereocenters. The lowest BCUT2D eigenvalue weighted by Crippen LogP contribution is -2.33. The van der Waals surface area contributed by atoms with Crippen molar-refractivity contribution in [1.82, 2.24) is 4.31 Å². The van der Waals surface area contributed by atoms with E-state index in [0.717, 1.165) is 24.1 Å². The Morgan fingerprint density at radius 2 is 2.29 bits per heavy atom. The summed E-state index contributed by atoms with van der Waals surface area (Å²) in [5, 5.41) is 0. The van der Waals surface area contributed by atoms with E-state index in [1.54, 1.807) is 10.4 Å². The standard InChI is InChI=1S/C11H16ClNO2S2/c1-9-3-2-8-13(9)17(14,15)11-5-4-10(16-11)6-7-12/h4-5,9H,2-3,6-8H2,1H3. The number of halogens is 1. The molecule has 2 heterocycles. The highest BCUT2D eigenvalue weighted by Gasteiger charge is 2.33. The summed E-state index contributed by atoms with van der Waals surface area (Å²) in [4.78, 5) is 1.03. The Morgan fingerprint density at radius 3 is 2.88 bits per heavy atom. The van der Waals surface area contributed by atoms with Gasteiger partial charge < -0.3 is 0 Å². The van der Waals surface area contributed by atoms with Crippen LogP contribution < -0.4 is 0 Å². The Hall–Kier alpha value is -0.100. The average Bonchev–Trinajstić information content (AvgIpc) is 2.87. The molecule has 1 saturated heterocycles. The first-order valence-corrected chi connectivity index (χ1v) is 8.51. The Labute approximate surface area is 111 Å². The third-order valence-electron chi connectivity index (χ3n) is 3.03. The van der Waals surface area contributed by atoms with Crippen LogP contribution in [0, 0.1) is 0 Å². The minimum atomic E-state index is -3.28. The van der Waals surface area contributed by atoms with Gasteiger partial charge >= 0.3 is 0 Å². The summed E-state index contributed by atoms with van der Waals surface area (Å²) in [7, 11) is -3.28. The van der Waals surface area contributed by atoms with Gasteiger partial charge in [0.05, 0.1) is 0 Å². The van der Waals surface area contributed by atoms with Gasteiger partial charge in [-0.15, -0.1) is 22.9 Å². The first kappa shape index (κ1) is 13.3. The van der Waals surface area contributed by atoms with Crippen LogP contribution in [0.25, 0.3) is 0 Å². The molecule has 3 nitrogen and oxygen atoms in total. The van der Waals surface area contributed by atoms with E-state index >= 15 is 0 Å². The lowest BCUT2D eigenvalue weighted by atomic mass is 10.3. The van der Waals surface area contributed by atoms with E-state index < -0.39 is 10.0 Å². The van der Waals surface area contributed by atoms with Crippen LogP contribution in [0.5, 0.6) is 0 Å². The summed E-state index contributed by atoms with van der Waals surface area (Å²) >= 11 is 7.00. The minimum Gasteiger partial charge on any atom is -0.206 e. The quantitative estimate of drug-likeness (QED) is 0.801. The number of aryl methyl sites for hydroxylation is 1. The van der Waals surface area contributed by atoms with E-state index in [1.807, 2.05) is 13.0 Å². The molecule has 0 spiro atoms. The third kappa shape index (κ3) is 2.67. The summed E-state index contributed by atoms with van der Waals surface area (Å²) in [6.07, 6.45) is 2.65. The monoisotopic (exact) mass is 293 g/mol. The SMILES string of the molecule is CC1CCCN1S(=O)(=O)c1ccc(CCCl)s1. The summed E-state index contributed by atoms with van der Waals surface area (Å²) in [5.74, 6) is 0.528. The number of thiophene rings is 1. The predicted molar refractivity (Wildman–Crippen MR) is 71.3 cm³/mol. The van der Waals surface area contributed by atoms with Crippen LogP contribution in [-0.4, -0.2) is 31.2 Å². The first-order valence-electron chi connectivity index (χ1n) is 5.72. The van der Waals surface area contributed by atoms with Crippen molar-refractivity contribution >= 4 is 33.0 Å². The van der Waals surface area contributed by atoms with Gasteiger partial charge in [-0.1, -0.05) is 0 Å². The Kier molecular flexibility index (Phi) is 4.13. The van der Waals surface area contributed by atoms with Gasteiger partial charge in [-0.05, 0) is 38.3 Å². The van der Waals surface area contributed by atoms with Gasteiger partial charge in [-0.3, -0.25) is 0 Å². The van der Waals surface area contributed by atoms with Crippen LogP contribution in [0.2, 0.25) is 0 Å². The Bertz CT molecular complexity index is 483. The highest BCUT2D eigenvalue weighted by atomic mass is 35.5. The predicted octanol–water partition coefficient (Wildman–Crippen LogP) is 2.70. The van der Waals surface area contributed by atoms with Crippen LogP contribution in [0.3, 0.4) is 0 Å². The molecule has 2 rings (SSSR count). The fraction of sp³-hybridized carbons (Fsp3) is 0.636. The molecule has 17 heavy (non-hydrogen) atoms. The van der Waals surface area contributed by atoms with Crippen molar-refractivity contribution in [2.24, 2.45) is 0 Å². The molecular weight excluding hydrogens is 278 g/mol. The second-order valence-electron chi connectivity index (χ2n) is 4.27. The molecule has 1 fully saturated rings. The molecule has 96 valence electrons. The van der Waals surface area contributed by atoms with Crippen molar-refractivity contribution in [2.75, 3.05) is 12.4 Å². The highest BCUT2D eigenvalue weighted by molar-refractivity contribution is 7.91. The smallest absolute Gasteiger partial charge is 0.206 e. The Balaban J connectivity index is 2.24. The molecule has 1 aromatic heterocycles. The lowest BCUT2D eigenvalue weighted by molar-refractivity contribution is 0.409. The second kappa shape index (κ2) is 5.26. The summed E-state index contributed by atoms with van der Waals surface area (Å²) in [6, 6.07) is 3.69. The fourth-order valence-corrected chi connectivity index (χ4v) is 5.60. The molecule has 1 unspecified atom stereocenters. The maximum atomic E-state index is 12.4. The topological polar surface area (TPSA) is 37.4 Å². The molecule has 0 radical (unpaired) electrons. The summed E-state index contributed by atoms with van der Waals surface area (Å²) in [6.45, 7) is 2.62. The molecular formula is C11H16ClNO2S2. The number of nitrogens with zero attached hydrogens (tertiary/aromatic N) is 1. The van der Waals surface area contributed by atoms with E-state index in [2.05, 4.69) is 0 Å². The van der Waals surface area contributed by atoms with E-state index in [1.165, 1.54) is 11.3 Å². The third-order valence-corrected chi connectivity index (χ3v) is 6.85. The van der Waals surface area contributed by atoms with E-state index in [-0.39, 0.29) is 6.04 Å². The zero-order valence-electron chi connectivity index (χ0n) is 9.73. The lowest BCUT2D eigenvalue weighted by Gasteiger charge is -2.19. The number of alkyl halides is 1. The van der Waals surface area contributed by atoms with Crippen LogP contribution >= 0.6 is 22.9 Å². The number of hydrogen-bond donors (Lipinski definition) is 0. The average molecular weight is 294 g/mol. The van der Waals surface area contributed by atoms with Crippen LogP contribution in [-0.2, 0) is 16.4 Å². The fourth-order valence-electron chi connectivity index (χ4n) is 2.10. The molecule has 0 aliphatic carbocycles. The minimum absolute atomic E-state index is 0.124. The normalized spacial score (nSPS) is 22.1. The molecule has 0 saturated carbocycles. The van der Waals surface area contributed by atoms with Gasteiger partial charge in [0.1, 0.15) is 4.21 Å². The van der Waals surface area contributed by atoms with Crippen molar-refractivity contribution in [3.8, 4) is 0 Å². The van der Waals surface area contributed by atoms with Gasteiger partial charge in [0.2, 0.25) is 0 Å². The maximum Gasteiger partial charge on any atom is 0.252 e. The first-order chi connectivity index (χ1) is 8.05. The summed E-state index contributed by atoms with van der Waals surface area (Å²) < 4.78 is 26.8. The molecule has 0 bridgehead atoms. The molecule has 0 aromatic carbocycles. The highest BCUT2D eigenvalue weighted by Crippen LogP contribution is 2.30. The van der Waals surface area contributed by atoms with Crippen LogP contribution in [0.1, 0.15) is 24.6 Å². The van der Waals surface area contributed by atoms with Crippen molar-refractivity contribution in [3.05, 3.63) is 17.0 Å². The molecule has 1 aromatic rings. The molecule has 1 aliphatic heterocycles. The molecule has 6 heteroatoms. The molecule has 0 amide bonds. The van der Waals surface area contributed by atoms with Crippen molar-refractivity contribution < 1.29 is 8.42 Å². The molecule has 0 N–H and O–H groups in total. The van der Waals surface area contributed by atoms with Gasteiger partial charge in [-0.25, -0.2) is 8.42 Å². The largest absolute Gasteiger partial charge is 0.252 e. The Morgan fingerprint density at radius 1 is 1.53 bits per heavy atom. The van der Waals surface area contributed by atoms with Crippen LogP contribution in [0.15, 0.2) is 16.3 Å². The van der Waals surface area contributed by atoms with Crippen molar-refractivity contribution in [3.63, 3.8) is 0 Å². The van der Waals surface area contributed by atoms with Crippen LogP contribution in [0.4, 0.5) is 0 Å². The van der Waals surface area contributed by atoms with Crippen molar-refractivity contribution in [1.29, 1.82) is 0 Å². The number of sulfonamides is 1.